The smallest absolute Gasteiger partial charge is 0.227 e. The predicted octanol–water partition coefficient (Wildman–Crippen LogP) is 3.40. The van der Waals surface area contributed by atoms with E-state index in [0.717, 1.165) is 29.7 Å². The lowest BCUT2D eigenvalue weighted by atomic mass is 9.95. The zero-order valence-electron chi connectivity index (χ0n) is 16.8. The third kappa shape index (κ3) is 4.77. The zero-order chi connectivity index (χ0) is 19.9. The molecule has 1 fully saturated rings. The molecule has 2 aromatic rings. The number of hydrogen-bond donors (Lipinski definition) is 0. The van der Waals surface area contributed by atoms with Crippen LogP contribution in [-0.2, 0) is 16.0 Å². The molecule has 5 nitrogen and oxygen atoms in total. The molecule has 1 aromatic heterocycles. The van der Waals surface area contributed by atoms with Gasteiger partial charge in [0.15, 0.2) is 0 Å². The summed E-state index contributed by atoms with van der Waals surface area (Å²) in [6.07, 6.45) is 5.62. The third-order valence-electron chi connectivity index (χ3n) is 5.31. The fourth-order valence-electron chi connectivity index (χ4n) is 3.85. The second kappa shape index (κ2) is 9.49. The molecule has 0 aliphatic carbocycles. The topological polar surface area (TPSA) is 53.5 Å². The fourth-order valence-corrected chi connectivity index (χ4v) is 3.85. The average Bonchev–Trinajstić information content (AvgIpc) is 2.88. The molecule has 148 valence electrons. The average molecular weight is 380 g/mol. The normalized spacial score (nSPS) is 17.5. The fraction of sp³-hybridized carbons (Fsp3) is 0.435. The van der Waals surface area contributed by atoms with Gasteiger partial charge in [-0.2, -0.15) is 0 Å². The van der Waals surface area contributed by atoms with E-state index in [4.69, 9.17) is 0 Å². The second-order valence-corrected chi connectivity index (χ2v) is 7.36. The molecule has 1 atom stereocenters. The van der Waals surface area contributed by atoms with E-state index in [0.29, 0.717) is 32.5 Å². The van der Waals surface area contributed by atoms with Crippen molar-refractivity contribution in [1.29, 1.82) is 0 Å². The highest BCUT2D eigenvalue weighted by molar-refractivity contribution is 5.82. The van der Waals surface area contributed by atoms with E-state index in [2.05, 4.69) is 30.1 Å². The highest BCUT2D eigenvalue weighted by Gasteiger charge is 2.31. The minimum Gasteiger partial charge on any atom is -0.341 e. The van der Waals surface area contributed by atoms with Crippen molar-refractivity contribution in [2.24, 2.45) is 5.92 Å². The lowest BCUT2D eigenvalue weighted by Crippen LogP contribution is -2.38. The van der Waals surface area contributed by atoms with E-state index < -0.39 is 0 Å². The molecule has 0 saturated carbocycles. The summed E-state index contributed by atoms with van der Waals surface area (Å²) in [6.45, 7) is 6.48. The number of aromatic nitrogens is 1. The van der Waals surface area contributed by atoms with Crippen LogP contribution in [0, 0.1) is 5.92 Å². The highest BCUT2D eigenvalue weighted by atomic mass is 16.2. The Balaban J connectivity index is 1.83. The first-order valence-electron chi connectivity index (χ1n) is 10.2. The highest BCUT2D eigenvalue weighted by Crippen LogP contribution is 2.23. The largest absolute Gasteiger partial charge is 0.341 e. The van der Waals surface area contributed by atoms with Crippen LogP contribution in [0.2, 0.25) is 0 Å². The second-order valence-electron chi connectivity index (χ2n) is 7.36. The van der Waals surface area contributed by atoms with Gasteiger partial charge in [-0.15, -0.1) is 0 Å². The van der Waals surface area contributed by atoms with Crippen molar-refractivity contribution < 1.29 is 9.59 Å². The van der Waals surface area contributed by atoms with Gasteiger partial charge in [0, 0.05) is 45.0 Å². The van der Waals surface area contributed by atoms with Crippen LogP contribution in [0.15, 0.2) is 48.8 Å². The first kappa shape index (κ1) is 20.1. The molecule has 1 aromatic carbocycles. The molecular weight excluding hydrogens is 350 g/mol. The number of pyridine rings is 1. The van der Waals surface area contributed by atoms with Crippen LogP contribution in [0.3, 0.4) is 0 Å². The summed E-state index contributed by atoms with van der Waals surface area (Å²) in [4.78, 5) is 33.3. The number of carbonyl (C=O) groups is 2. The van der Waals surface area contributed by atoms with E-state index in [-0.39, 0.29) is 17.7 Å². The molecule has 2 amide bonds. The van der Waals surface area contributed by atoms with E-state index in [1.807, 2.05) is 34.9 Å². The number of nitrogens with zero attached hydrogens (tertiary/aromatic N) is 3. The van der Waals surface area contributed by atoms with E-state index in [1.54, 1.807) is 12.4 Å². The van der Waals surface area contributed by atoms with Crippen molar-refractivity contribution in [2.45, 2.75) is 33.1 Å². The maximum atomic E-state index is 13.1. The quantitative estimate of drug-likeness (QED) is 0.773. The predicted molar refractivity (Wildman–Crippen MR) is 111 cm³/mol. The molecule has 2 heterocycles. The van der Waals surface area contributed by atoms with Crippen molar-refractivity contribution >= 4 is 11.8 Å². The Hall–Kier alpha value is -2.69. The van der Waals surface area contributed by atoms with Gasteiger partial charge in [0.05, 0.1) is 5.92 Å². The van der Waals surface area contributed by atoms with Crippen LogP contribution >= 0.6 is 0 Å². The van der Waals surface area contributed by atoms with Gasteiger partial charge in [-0.1, -0.05) is 38.1 Å². The number of benzene rings is 1. The third-order valence-corrected chi connectivity index (χ3v) is 5.31. The molecule has 0 N–H and O–H groups in total. The van der Waals surface area contributed by atoms with E-state index in [9.17, 15) is 9.59 Å². The maximum absolute atomic E-state index is 13.1. The van der Waals surface area contributed by atoms with Crippen molar-refractivity contribution in [3.63, 3.8) is 0 Å². The number of rotatable bonds is 6. The Morgan fingerprint density at radius 1 is 1.11 bits per heavy atom. The Bertz CT molecular complexity index is 807. The molecule has 1 saturated heterocycles. The van der Waals surface area contributed by atoms with Gasteiger partial charge in [0.25, 0.3) is 0 Å². The minimum absolute atomic E-state index is 0.127. The van der Waals surface area contributed by atoms with Crippen LogP contribution < -0.4 is 0 Å². The maximum Gasteiger partial charge on any atom is 0.227 e. The Morgan fingerprint density at radius 3 is 2.61 bits per heavy atom. The van der Waals surface area contributed by atoms with Crippen molar-refractivity contribution in [2.75, 3.05) is 26.2 Å². The minimum atomic E-state index is -0.197. The van der Waals surface area contributed by atoms with Crippen molar-refractivity contribution in [1.82, 2.24) is 14.8 Å². The summed E-state index contributed by atoms with van der Waals surface area (Å²) < 4.78 is 0. The van der Waals surface area contributed by atoms with Crippen molar-refractivity contribution in [3.8, 4) is 11.1 Å². The van der Waals surface area contributed by atoms with Gasteiger partial charge in [-0.25, -0.2) is 0 Å². The summed E-state index contributed by atoms with van der Waals surface area (Å²) in [7, 11) is 0. The zero-order valence-corrected chi connectivity index (χ0v) is 16.8. The van der Waals surface area contributed by atoms with Gasteiger partial charge < -0.3 is 9.80 Å². The van der Waals surface area contributed by atoms with Crippen LogP contribution in [0.5, 0.6) is 0 Å². The number of carbonyl (C=O) groups excluding carboxylic acids is 2. The first-order valence-corrected chi connectivity index (χ1v) is 10.2. The molecule has 1 aliphatic rings. The summed E-state index contributed by atoms with van der Waals surface area (Å²) in [5.41, 5.74) is 3.35. The van der Waals surface area contributed by atoms with E-state index >= 15 is 0 Å². The molecule has 28 heavy (non-hydrogen) atoms. The monoisotopic (exact) mass is 379 g/mol. The molecular formula is C23H29N3O2. The van der Waals surface area contributed by atoms with Crippen LogP contribution in [0.4, 0.5) is 0 Å². The summed E-state index contributed by atoms with van der Waals surface area (Å²) in [6, 6.07) is 12.3. The lowest BCUT2D eigenvalue weighted by molar-refractivity contribution is -0.135. The van der Waals surface area contributed by atoms with Crippen LogP contribution in [0.25, 0.3) is 11.1 Å². The molecule has 0 spiro atoms. The standard InChI is InChI=1S/C23H29N3O2/c1-3-12-25-13-14-26(22(27)4-2)17-21(23(25)28)16-18-6-5-7-20(15-18)19-8-10-24-11-9-19/h5-11,15,21H,3-4,12-14,16-17H2,1-2H3. The number of amides is 2. The molecule has 5 heteroatoms. The van der Waals surface area contributed by atoms with Gasteiger partial charge in [0.2, 0.25) is 11.8 Å². The molecule has 1 unspecified atom stereocenters. The Kier molecular flexibility index (Phi) is 6.80. The van der Waals surface area contributed by atoms with E-state index in [1.165, 1.54) is 0 Å². The van der Waals surface area contributed by atoms with Crippen LogP contribution in [0.1, 0.15) is 32.3 Å². The summed E-state index contributed by atoms with van der Waals surface area (Å²) in [5.74, 6) is 0.0986. The molecule has 0 radical (unpaired) electrons. The van der Waals surface area contributed by atoms with Gasteiger partial charge in [0.1, 0.15) is 0 Å². The Labute approximate surface area is 167 Å². The molecule has 3 rings (SSSR count). The lowest BCUT2D eigenvalue weighted by Gasteiger charge is -2.24. The van der Waals surface area contributed by atoms with Gasteiger partial charge in [-0.05, 0) is 41.7 Å². The summed E-state index contributed by atoms with van der Waals surface area (Å²) >= 11 is 0. The molecule has 0 bridgehead atoms. The number of hydrogen-bond acceptors (Lipinski definition) is 3. The van der Waals surface area contributed by atoms with Crippen molar-refractivity contribution in [3.05, 3.63) is 54.4 Å². The first-order chi connectivity index (χ1) is 13.6. The summed E-state index contributed by atoms with van der Waals surface area (Å²) in [5, 5.41) is 0. The Morgan fingerprint density at radius 2 is 1.89 bits per heavy atom. The molecule has 1 aliphatic heterocycles. The SMILES string of the molecule is CCCN1CCN(C(=O)CC)CC(Cc2cccc(-c3ccncc3)c2)C1=O. The van der Waals surface area contributed by atoms with Crippen LogP contribution in [-0.4, -0.2) is 52.8 Å². The van der Waals surface area contributed by atoms with Gasteiger partial charge in [-0.3, -0.25) is 14.6 Å². The van der Waals surface area contributed by atoms with Gasteiger partial charge >= 0.3 is 0 Å².